The quantitative estimate of drug-likeness (QED) is 0.298. The highest BCUT2D eigenvalue weighted by molar-refractivity contribution is 5.95. The van der Waals surface area contributed by atoms with Gasteiger partial charge in [-0.05, 0) is 17.7 Å². The van der Waals surface area contributed by atoms with E-state index in [0.29, 0.717) is 5.69 Å². The molecule has 0 amide bonds. The number of hydrogen-bond donors (Lipinski definition) is 3. The molecule has 7 heteroatoms. The van der Waals surface area contributed by atoms with Gasteiger partial charge in [-0.15, -0.1) is 0 Å². The first-order valence-corrected chi connectivity index (χ1v) is 4.55. The first-order valence-electron chi connectivity index (χ1n) is 4.55. The number of alkyl halides is 2. The van der Waals surface area contributed by atoms with Gasteiger partial charge in [-0.25, -0.2) is 8.78 Å². The highest BCUT2D eigenvalue weighted by Crippen LogP contribution is 2.01. The molecular formula is C9H12F2N4O. The Morgan fingerprint density at radius 1 is 1.62 bits per heavy atom. The maximum Gasteiger partial charge on any atom is 0.250 e. The summed E-state index contributed by atoms with van der Waals surface area (Å²) in [5, 5.41) is 13.8. The van der Waals surface area contributed by atoms with Crippen LogP contribution in [0.2, 0.25) is 0 Å². The average Bonchev–Trinajstić information content (AvgIpc) is 2.28. The zero-order valence-electron chi connectivity index (χ0n) is 8.40. The molecule has 0 aliphatic heterocycles. The lowest BCUT2D eigenvalue weighted by Gasteiger charge is -2.05. The van der Waals surface area contributed by atoms with E-state index in [1.165, 1.54) is 6.20 Å². The zero-order valence-corrected chi connectivity index (χ0v) is 8.40. The van der Waals surface area contributed by atoms with Gasteiger partial charge in [0.25, 0.3) is 6.43 Å². The zero-order chi connectivity index (χ0) is 12.0. The van der Waals surface area contributed by atoms with E-state index in [4.69, 9.17) is 10.9 Å². The van der Waals surface area contributed by atoms with Crippen molar-refractivity contribution < 1.29 is 14.0 Å². The molecule has 0 aromatic carbocycles. The second-order valence-electron chi connectivity index (χ2n) is 3.06. The summed E-state index contributed by atoms with van der Waals surface area (Å²) in [4.78, 5) is 3.86. The molecule has 1 aromatic heterocycles. The second-order valence-corrected chi connectivity index (χ2v) is 3.06. The van der Waals surface area contributed by atoms with Crippen molar-refractivity contribution >= 4 is 5.84 Å². The highest BCUT2D eigenvalue weighted by Gasteiger charge is 2.04. The molecule has 0 fully saturated rings. The van der Waals surface area contributed by atoms with E-state index in [1.807, 2.05) is 0 Å². The Morgan fingerprint density at radius 3 is 3.00 bits per heavy atom. The standard InChI is InChI=1S/C9H12F2N4O/c10-8(11)5-13-4-6-1-2-14-7(3-6)9(12)15-16/h1-3,8,13,16H,4-5H2,(H2,12,15). The van der Waals surface area contributed by atoms with Crippen LogP contribution in [0.15, 0.2) is 23.5 Å². The number of pyridine rings is 1. The van der Waals surface area contributed by atoms with Crippen LogP contribution >= 0.6 is 0 Å². The van der Waals surface area contributed by atoms with Gasteiger partial charge in [0.2, 0.25) is 0 Å². The number of rotatable bonds is 5. The van der Waals surface area contributed by atoms with E-state index < -0.39 is 6.43 Å². The number of halogens is 2. The SMILES string of the molecule is N/C(=N/O)c1cc(CNCC(F)F)ccn1. The Morgan fingerprint density at radius 2 is 2.38 bits per heavy atom. The Labute approximate surface area is 91.0 Å². The molecule has 16 heavy (non-hydrogen) atoms. The van der Waals surface area contributed by atoms with Crippen molar-refractivity contribution in [3.8, 4) is 0 Å². The van der Waals surface area contributed by atoms with Crippen LogP contribution in [0.25, 0.3) is 0 Å². The van der Waals surface area contributed by atoms with Gasteiger partial charge in [-0.1, -0.05) is 5.16 Å². The van der Waals surface area contributed by atoms with Gasteiger partial charge in [-0.3, -0.25) is 4.98 Å². The monoisotopic (exact) mass is 230 g/mol. The molecule has 0 saturated heterocycles. The van der Waals surface area contributed by atoms with Crippen molar-refractivity contribution in [2.24, 2.45) is 10.9 Å². The lowest BCUT2D eigenvalue weighted by Crippen LogP contribution is -2.21. The number of amidine groups is 1. The summed E-state index contributed by atoms with van der Waals surface area (Å²) in [7, 11) is 0. The molecule has 4 N–H and O–H groups in total. The molecule has 1 rings (SSSR count). The van der Waals surface area contributed by atoms with Crippen LogP contribution in [0.4, 0.5) is 8.78 Å². The van der Waals surface area contributed by atoms with Crippen LogP contribution in [0.5, 0.6) is 0 Å². The largest absolute Gasteiger partial charge is 0.409 e. The van der Waals surface area contributed by atoms with Gasteiger partial charge in [0.15, 0.2) is 5.84 Å². The van der Waals surface area contributed by atoms with Crippen LogP contribution in [-0.4, -0.2) is 29.0 Å². The molecule has 0 bridgehead atoms. The topological polar surface area (TPSA) is 83.5 Å². The molecule has 0 aliphatic carbocycles. The van der Waals surface area contributed by atoms with Crippen LogP contribution in [0.3, 0.4) is 0 Å². The predicted molar refractivity (Wildman–Crippen MR) is 54.5 cm³/mol. The van der Waals surface area contributed by atoms with Crippen molar-refractivity contribution in [1.82, 2.24) is 10.3 Å². The molecule has 0 saturated carbocycles. The summed E-state index contributed by atoms with van der Waals surface area (Å²) in [5.41, 5.74) is 6.38. The fourth-order valence-corrected chi connectivity index (χ4v) is 1.10. The van der Waals surface area contributed by atoms with E-state index in [9.17, 15) is 8.78 Å². The van der Waals surface area contributed by atoms with Crippen molar-refractivity contribution in [2.45, 2.75) is 13.0 Å². The molecule has 0 spiro atoms. The Kier molecular flexibility index (Phi) is 4.59. The number of nitrogens with zero attached hydrogens (tertiary/aromatic N) is 2. The molecule has 0 aliphatic rings. The van der Waals surface area contributed by atoms with Crippen LogP contribution < -0.4 is 11.1 Å². The predicted octanol–water partition coefficient (Wildman–Crippen LogP) is 0.531. The minimum atomic E-state index is -2.38. The van der Waals surface area contributed by atoms with Crippen molar-refractivity contribution in [3.05, 3.63) is 29.6 Å². The van der Waals surface area contributed by atoms with Crippen LogP contribution in [-0.2, 0) is 6.54 Å². The summed E-state index contributed by atoms with van der Waals surface area (Å²) >= 11 is 0. The van der Waals surface area contributed by atoms with Gasteiger partial charge >= 0.3 is 0 Å². The van der Waals surface area contributed by atoms with E-state index in [1.54, 1.807) is 12.1 Å². The minimum Gasteiger partial charge on any atom is -0.409 e. The number of oxime groups is 1. The highest BCUT2D eigenvalue weighted by atomic mass is 19.3. The summed E-state index contributed by atoms with van der Waals surface area (Å²) in [6.45, 7) is -0.0974. The third kappa shape index (κ3) is 3.77. The molecule has 88 valence electrons. The van der Waals surface area contributed by atoms with Crippen molar-refractivity contribution in [1.29, 1.82) is 0 Å². The number of nitrogens with one attached hydrogen (secondary N) is 1. The Hall–Kier alpha value is -1.76. The summed E-state index contributed by atoms with van der Waals surface area (Å²) in [6.07, 6.45) is -0.919. The fourth-order valence-electron chi connectivity index (χ4n) is 1.10. The van der Waals surface area contributed by atoms with E-state index >= 15 is 0 Å². The van der Waals surface area contributed by atoms with E-state index in [0.717, 1.165) is 5.56 Å². The smallest absolute Gasteiger partial charge is 0.250 e. The molecular weight excluding hydrogens is 218 g/mol. The van der Waals surface area contributed by atoms with Crippen molar-refractivity contribution in [3.63, 3.8) is 0 Å². The Bertz CT molecular complexity index is 370. The van der Waals surface area contributed by atoms with Gasteiger partial charge in [0, 0.05) is 12.7 Å². The molecule has 1 aromatic rings. The number of nitrogens with two attached hydrogens (primary N) is 1. The molecule has 0 atom stereocenters. The van der Waals surface area contributed by atoms with Gasteiger partial charge in [-0.2, -0.15) is 0 Å². The first-order chi connectivity index (χ1) is 7.63. The minimum absolute atomic E-state index is 0.115. The summed E-state index contributed by atoms with van der Waals surface area (Å²) in [6, 6.07) is 3.22. The van der Waals surface area contributed by atoms with Crippen molar-refractivity contribution in [2.75, 3.05) is 6.54 Å². The maximum absolute atomic E-state index is 11.9. The normalized spacial score (nSPS) is 12.1. The van der Waals surface area contributed by atoms with E-state index in [-0.39, 0.29) is 18.9 Å². The molecule has 1 heterocycles. The first kappa shape index (κ1) is 12.3. The third-order valence-corrected chi connectivity index (χ3v) is 1.82. The summed E-state index contributed by atoms with van der Waals surface area (Å²) in [5.74, 6) is -0.115. The second kappa shape index (κ2) is 5.96. The average molecular weight is 230 g/mol. The maximum atomic E-state index is 11.9. The number of hydrogen-bond acceptors (Lipinski definition) is 4. The van der Waals surface area contributed by atoms with Gasteiger partial charge in [0.1, 0.15) is 5.69 Å². The molecule has 0 unspecified atom stereocenters. The third-order valence-electron chi connectivity index (χ3n) is 1.82. The summed E-state index contributed by atoms with van der Waals surface area (Å²) < 4.78 is 23.7. The van der Waals surface area contributed by atoms with Crippen LogP contribution in [0, 0.1) is 0 Å². The molecule has 0 radical (unpaired) electrons. The molecule has 5 nitrogen and oxygen atoms in total. The number of aromatic nitrogens is 1. The fraction of sp³-hybridized carbons (Fsp3) is 0.333. The Balaban J connectivity index is 2.61. The van der Waals surface area contributed by atoms with Gasteiger partial charge in [0.05, 0.1) is 6.54 Å². The lowest BCUT2D eigenvalue weighted by molar-refractivity contribution is 0.145. The van der Waals surface area contributed by atoms with E-state index in [2.05, 4.69) is 15.5 Å². The van der Waals surface area contributed by atoms with Crippen LogP contribution in [0.1, 0.15) is 11.3 Å². The lowest BCUT2D eigenvalue weighted by atomic mass is 10.2. The van der Waals surface area contributed by atoms with Gasteiger partial charge < -0.3 is 16.3 Å².